The smallest absolute Gasteiger partial charge is 0.192 e. The minimum Gasteiger partial charge on any atom is -0.472 e. The van der Waals surface area contributed by atoms with E-state index in [1.54, 1.807) is 0 Å². The molecule has 6 heteroatoms. The molecule has 4 rings (SSSR count). The van der Waals surface area contributed by atoms with Crippen molar-refractivity contribution >= 4 is 22.4 Å². The number of aryl methyl sites for hydroxylation is 1. The van der Waals surface area contributed by atoms with E-state index in [0.29, 0.717) is 30.6 Å². The summed E-state index contributed by atoms with van der Waals surface area (Å²) < 4.78 is 19.7. The molecule has 38 heavy (non-hydrogen) atoms. The minimum absolute atomic E-state index is 0.0388. The van der Waals surface area contributed by atoms with Crippen LogP contribution in [0.25, 0.3) is 0 Å². The Bertz CT molecular complexity index is 1040. The number of ketones is 1. The second kappa shape index (κ2) is 9.42. The summed E-state index contributed by atoms with van der Waals surface area (Å²) >= 11 is 0. The monoisotopic (exact) mass is 560 g/mol. The van der Waals surface area contributed by atoms with Crippen molar-refractivity contribution in [3.05, 3.63) is 23.7 Å². The van der Waals surface area contributed by atoms with Gasteiger partial charge in [-0.05, 0) is 91.2 Å². The van der Waals surface area contributed by atoms with Crippen LogP contribution in [-0.2, 0) is 25.5 Å². The average molecular weight is 561 g/mol. The van der Waals surface area contributed by atoms with Gasteiger partial charge in [-0.2, -0.15) is 0 Å². The van der Waals surface area contributed by atoms with Crippen molar-refractivity contribution in [3.63, 3.8) is 0 Å². The molecule has 0 unspecified atom stereocenters. The molecule has 2 fully saturated rings. The molecule has 2 saturated carbocycles. The van der Waals surface area contributed by atoms with E-state index in [2.05, 4.69) is 81.6 Å². The van der Waals surface area contributed by atoms with Crippen LogP contribution in [0.2, 0.25) is 36.3 Å². The molecule has 0 aromatic carbocycles. The lowest BCUT2D eigenvalue weighted by atomic mass is 9.40. The van der Waals surface area contributed by atoms with Crippen LogP contribution in [0, 0.1) is 22.7 Å². The summed E-state index contributed by atoms with van der Waals surface area (Å²) in [6.45, 7) is 29.3. The highest BCUT2D eigenvalue weighted by atomic mass is 28.4. The first-order valence-electron chi connectivity index (χ1n) is 15.1. The van der Waals surface area contributed by atoms with E-state index in [4.69, 9.17) is 13.3 Å². The molecule has 3 aliphatic carbocycles. The fourth-order valence-electron chi connectivity index (χ4n) is 7.72. The normalized spacial score (nSPS) is 34.5. The predicted molar refractivity (Wildman–Crippen MR) is 162 cm³/mol. The zero-order chi connectivity index (χ0) is 28.6. The lowest BCUT2D eigenvalue weighted by Crippen LogP contribution is -2.64. The van der Waals surface area contributed by atoms with Crippen molar-refractivity contribution in [2.75, 3.05) is 13.2 Å². The third-order valence-corrected chi connectivity index (χ3v) is 21.4. The number of rotatable bonds is 6. The second-order valence-corrected chi connectivity index (χ2v) is 26.2. The summed E-state index contributed by atoms with van der Waals surface area (Å²) in [6, 6.07) is 0. The maximum Gasteiger partial charge on any atom is 0.192 e. The van der Waals surface area contributed by atoms with Crippen molar-refractivity contribution in [3.8, 4) is 0 Å². The van der Waals surface area contributed by atoms with E-state index in [-0.39, 0.29) is 20.9 Å². The summed E-state index contributed by atoms with van der Waals surface area (Å²) in [5.41, 5.74) is 2.37. The molecular weight excluding hydrogens is 505 g/mol. The third kappa shape index (κ3) is 4.67. The fraction of sp³-hybridized carbons (Fsp3) is 0.844. The highest BCUT2D eigenvalue weighted by molar-refractivity contribution is 6.74. The summed E-state index contributed by atoms with van der Waals surface area (Å²) in [6.07, 6.45) is 9.97. The molecule has 1 heterocycles. The van der Waals surface area contributed by atoms with Gasteiger partial charge in [0.15, 0.2) is 16.6 Å². The Morgan fingerprint density at radius 3 is 2.00 bits per heavy atom. The maximum atomic E-state index is 13.7. The number of furan rings is 1. The Balaban J connectivity index is 1.71. The average Bonchev–Trinajstić information content (AvgIpc) is 3.28. The zero-order valence-corrected chi connectivity index (χ0v) is 28.6. The van der Waals surface area contributed by atoms with Gasteiger partial charge in [0.25, 0.3) is 0 Å². The molecular formula is C32H56O4Si2. The lowest BCUT2D eigenvalue weighted by molar-refractivity contribution is -0.165. The van der Waals surface area contributed by atoms with E-state index >= 15 is 0 Å². The molecule has 5 atom stereocenters. The Kier molecular flexibility index (Phi) is 7.50. The van der Waals surface area contributed by atoms with E-state index in [0.717, 1.165) is 38.7 Å². The van der Waals surface area contributed by atoms with Gasteiger partial charge in [-0.3, -0.25) is 4.79 Å². The van der Waals surface area contributed by atoms with Gasteiger partial charge in [-0.25, -0.2) is 0 Å². The summed E-state index contributed by atoms with van der Waals surface area (Å²) in [7, 11) is -3.90. The Hall–Kier alpha value is -0.696. The Morgan fingerprint density at radius 1 is 0.842 bits per heavy atom. The zero-order valence-electron chi connectivity index (χ0n) is 26.6. The van der Waals surface area contributed by atoms with Crippen LogP contribution < -0.4 is 0 Å². The molecule has 216 valence electrons. The van der Waals surface area contributed by atoms with Crippen LogP contribution in [-0.4, -0.2) is 35.6 Å². The number of fused-ring (bicyclic) bond motifs is 5. The number of hydrogen-bond donors (Lipinski definition) is 0. The molecule has 3 aliphatic rings. The standard InChI is InChI=1S/C32H56O4Si2/c1-28(2,3)37(9,10)35-21-31(8)25-15-18-32(22-36-38(11,12)29(4,5)6)24-20-34-19-23(24)13-14-26(32)30(25,7)17-16-27(31)33/h19-20,25-26H,13-18,21-22H2,1-12H3/t25-,26-,30+,31+,32+/m1/s1. The van der Waals surface area contributed by atoms with Crippen LogP contribution in [0.1, 0.15) is 98.6 Å². The fourth-order valence-corrected chi connectivity index (χ4v) is 9.87. The van der Waals surface area contributed by atoms with Crippen LogP contribution in [0.5, 0.6) is 0 Å². The van der Waals surface area contributed by atoms with Crippen molar-refractivity contribution in [2.45, 2.75) is 136 Å². The van der Waals surface area contributed by atoms with Crippen molar-refractivity contribution in [2.24, 2.45) is 22.7 Å². The van der Waals surface area contributed by atoms with Gasteiger partial charge < -0.3 is 13.3 Å². The largest absolute Gasteiger partial charge is 0.472 e. The van der Waals surface area contributed by atoms with E-state index in [1.807, 2.05) is 12.5 Å². The number of hydrogen-bond acceptors (Lipinski definition) is 4. The first-order chi connectivity index (χ1) is 17.2. The SMILES string of the molecule is CC(C)(C)[Si](C)(C)OC[C@]12CC[C@@H]3[C@](C)(CCC(=O)[C@@]3(C)CO[Si](C)(C)C(C)(C)C)[C@H]1CCc1cocc12. The topological polar surface area (TPSA) is 48.7 Å². The van der Waals surface area contributed by atoms with Crippen molar-refractivity contribution in [1.29, 1.82) is 0 Å². The molecule has 0 amide bonds. The Labute approximate surface area is 235 Å². The van der Waals surface area contributed by atoms with Crippen molar-refractivity contribution in [1.82, 2.24) is 0 Å². The molecule has 0 aliphatic heterocycles. The second-order valence-electron chi connectivity index (χ2n) is 16.6. The quantitative estimate of drug-likeness (QED) is 0.326. The van der Waals surface area contributed by atoms with Crippen LogP contribution >= 0.6 is 0 Å². The summed E-state index contributed by atoms with van der Waals surface area (Å²) in [5, 5.41) is 0.305. The maximum absolute atomic E-state index is 13.7. The molecule has 0 saturated heterocycles. The van der Waals surface area contributed by atoms with Crippen LogP contribution in [0.3, 0.4) is 0 Å². The summed E-state index contributed by atoms with van der Waals surface area (Å²) in [5.74, 6) is 1.23. The van der Waals surface area contributed by atoms with E-state index in [1.165, 1.54) is 11.1 Å². The van der Waals surface area contributed by atoms with Gasteiger partial charge >= 0.3 is 0 Å². The number of carbonyl (C=O) groups excluding carboxylic acids is 1. The first kappa shape index (κ1) is 30.3. The molecule has 1 aromatic heterocycles. The van der Waals surface area contributed by atoms with Gasteiger partial charge in [-0.1, -0.05) is 55.4 Å². The van der Waals surface area contributed by atoms with E-state index < -0.39 is 22.0 Å². The Morgan fingerprint density at radius 2 is 1.42 bits per heavy atom. The predicted octanol–water partition coefficient (Wildman–Crippen LogP) is 8.91. The van der Waals surface area contributed by atoms with Crippen LogP contribution in [0.15, 0.2) is 16.9 Å². The first-order valence-corrected chi connectivity index (χ1v) is 20.9. The molecule has 4 nitrogen and oxygen atoms in total. The van der Waals surface area contributed by atoms with Gasteiger partial charge in [0.2, 0.25) is 0 Å². The lowest BCUT2D eigenvalue weighted by Gasteiger charge is -2.64. The highest BCUT2D eigenvalue weighted by Crippen LogP contribution is 2.67. The van der Waals surface area contributed by atoms with Gasteiger partial charge in [0.1, 0.15) is 5.78 Å². The van der Waals surface area contributed by atoms with Gasteiger partial charge in [0, 0.05) is 30.6 Å². The summed E-state index contributed by atoms with van der Waals surface area (Å²) in [4.78, 5) is 13.7. The van der Waals surface area contributed by atoms with E-state index in [9.17, 15) is 4.79 Å². The molecule has 1 aromatic rings. The van der Waals surface area contributed by atoms with Crippen molar-refractivity contribution < 1.29 is 18.1 Å². The molecule has 0 N–H and O–H groups in total. The van der Waals surface area contributed by atoms with Crippen LogP contribution in [0.4, 0.5) is 0 Å². The number of Topliss-reactive ketones (excluding diaryl/α,β-unsaturated/α-hetero) is 1. The molecule has 0 spiro atoms. The third-order valence-electron chi connectivity index (χ3n) is 12.5. The van der Waals surface area contributed by atoms with Gasteiger partial charge in [-0.15, -0.1) is 0 Å². The molecule has 0 bridgehead atoms. The molecule has 0 radical (unpaired) electrons. The highest BCUT2D eigenvalue weighted by Gasteiger charge is 2.65. The number of carbonyl (C=O) groups is 1. The van der Waals surface area contributed by atoms with Gasteiger partial charge in [0.05, 0.1) is 17.9 Å². The minimum atomic E-state index is -1.97.